The minimum atomic E-state index is 0.213. The first-order valence-corrected chi connectivity index (χ1v) is 17.4. The van der Waals surface area contributed by atoms with E-state index in [1.54, 1.807) is 0 Å². The van der Waals surface area contributed by atoms with E-state index in [9.17, 15) is 0 Å². The van der Waals surface area contributed by atoms with E-state index in [4.69, 9.17) is 4.74 Å². The van der Waals surface area contributed by atoms with Gasteiger partial charge in [-0.05, 0) is 109 Å². The fourth-order valence-electron chi connectivity index (χ4n) is 10.1. The van der Waals surface area contributed by atoms with Crippen molar-refractivity contribution in [3.8, 4) is 0 Å². The molecule has 0 aromatic carbocycles. The summed E-state index contributed by atoms with van der Waals surface area (Å²) in [5.41, 5.74) is 0.861. The van der Waals surface area contributed by atoms with Crippen molar-refractivity contribution in [3.63, 3.8) is 0 Å². The highest BCUT2D eigenvalue weighted by Gasteiger charge is 2.52. The van der Waals surface area contributed by atoms with E-state index in [2.05, 4.69) is 75.0 Å². The summed E-state index contributed by atoms with van der Waals surface area (Å²) in [5, 5.41) is 0. The highest BCUT2D eigenvalue weighted by molar-refractivity contribution is 5.06. The average molecular weight is 557 g/mol. The van der Waals surface area contributed by atoms with Gasteiger partial charge in [0.05, 0.1) is 12.7 Å². The lowest BCUT2D eigenvalue weighted by molar-refractivity contribution is -0.118. The molecule has 5 heterocycles. The molecule has 1 aliphatic carbocycles. The lowest BCUT2D eigenvalue weighted by Crippen LogP contribution is -2.59. The van der Waals surface area contributed by atoms with Gasteiger partial charge in [0.15, 0.2) is 0 Å². The van der Waals surface area contributed by atoms with Gasteiger partial charge in [0, 0.05) is 68.5 Å². The molecule has 230 valence electrons. The minimum absolute atomic E-state index is 0.213. The van der Waals surface area contributed by atoms with Crippen LogP contribution in [0.4, 0.5) is 0 Å². The van der Waals surface area contributed by atoms with Crippen LogP contribution in [0.15, 0.2) is 0 Å². The summed E-state index contributed by atoms with van der Waals surface area (Å²) >= 11 is 0. The van der Waals surface area contributed by atoms with Crippen LogP contribution in [0.5, 0.6) is 0 Å². The number of fused-ring (bicyclic) bond motifs is 3. The summed E-state index contributed by atoms with van der Waals surface area (Å²) < 4.78 is 7.05. The van der Waals surface area contributed by atoms with Crippen molar-refractivity contribution >= 4 is 0 Å². The molecule has 0 aromatic heterocycles. The molecule has 0 spiro atoms. The van der Waals surface area contributed by atoms with Gasteiger partial charge in [-0.25, -0.2) is 0 Å². The van der Waals surface area contributed by atoms with Crippen LogP contribution in [0.3, 0.4) is 0 Å². The SMILES string of the molecule is CC(C)(C)C1CC2C(CC(C)(C)N3CCCC4CCCC4C3)OCC(C3CC4CN(C(C)(C)C)CCN4C3)N2C1. The Kier molecular flexibility index (Phi) is 8.25. The largest absolute Gasteiger partial charge is 0.375 e. The van der Waals surface area contributed by atoms with Gasteiger partial charge in [-0.15, -0.1) is 0 Å². The second-order valence-electron chi connectivity index (χ2n) is 17.8. The molecule has 0 aromatic rings. The van der Waals surface area contributed by atoms with Gasteiger partial charge in [0.2, 0.25) is 0 Å². The van der Waals surface area contributed by atoms with Crippen LogP contribution < -0.4 is 0 Å². The Morgan fingerprint density at radius 1 is 0.675 bits per heavy atom. The van der Waals surface area contributed by atoms with Gasteiger partial charge in [0.25, 0.3) is 0 Å². The summed E-state index contributed by atoms with van der Waals surface area (Å²) in [6.45, 7) is 29.6. The minimum Gasteiger partial charge on any atom is -0.375 e. The quantitative estimate of drug-likeness (QED) is 0.424. The Hall–Kier alpha value is -0.200. The summed E-state index contributed by atoms with van der Waals surface area (Å²) in [7, 11) is 0. The van der Waals surface area contributed by atoms with Crippen LogP contribution in [0, 0.1) is 29.1 Å². The zero-order valence-corrected chi connectivity index (χ0v) is 27.6. The van der Waals surface area contributed by atoms with Crippen LogP contribution in [-0.2, 0) is 4.74 Å². The van der Waals surface area contributed by atoms with Crippen molar-refractivity contribution in [1.82, 2.24) is 19.6 Å². The first kappa shape index (κ1) is 29.9. The molecule has 8 atom stereocenters. The second-order valence-corrected chi connectivity index (χ2v) is 17.8. The second kappa shape index (κ2) is 11.1. The van der Waals surface area contributed by atoms with Crippen LogP contribution in [0.1, 0.15) is 107 Å². The van der Waals surface area contributed by atoms with Gasteiger partial charge in [-0.1, -0.05) is 33.6 Å². The van der Waals surface area contributed by atoms with Crippen LogP contribution in [-0.4, -0.2) is 107 Å². The van der Waals surface area contributed by atoms with Crippen LogP contribution in [0.2, 0.25) is 0 Å². The predicted molar refractivity (Wildman–Crippen MR) is 167 cm³/mol. The Bertz CT molecular complexity index is 876. The molecule has 6 aliphatic rings. The zero-order valence-electron chi connectivity index (χ0n) is 27.6. The van der Waals surface area contributed by atoms with E-state index in [-0.39, 0.29) is 11.1 Å². The van der Waals surface area contributed by atoms with Crippen molar-refractivity contribution in [2.45, 2.75) is 142 Å². The van der Waals surface area contributed by atoms with Gasteiger partial charge in [-0.2, -0.15) is 0 Å². The molecule has 6 fully saturated rings. The van der Waals surface area contributed by atoms with Crippen molar-refractivity contribution in [2.75, 3.05) is 52.4 Å². The van der Waals surface area contributed by atoms with E-state index >= 15 is 0 Å². The topological polar surface area (TPSA) is 22.2 Å². The summed E-state index contributed by atoms with van der Waals surface area (Å²) in [4.78, 5) is 11.5. The number of hydrogen-bond donors (Lipinski definition) is 0. The van der Waals surface area contributed by atoms with Gasteiger partial charge in [-0.3, -0.25) is 19.6 Å². The third-order valence-corrected chi connectivity index (χ3v) is 12.9. The lowest BCUT2D eigenvalue weighted by Gasteiger charge is -2.48. The first-order valence-electron chi connectivity index (χ1n) is 17.4. The molecule has 8 unspecified atom stereocenters. The fraction of sp³-hybridized carbons (Fsp3) is 1.00. The highest BCUT2D eigenvalue weighted by atomic mass is 16.5. The normalized spacial score (nSPS) is 41.1. The molecule has 40 heavy (non-hydrogen) atoms. The maximum Gasteiger partial charge on any atom is 0.0748 e. The number of morpholine rings is 1. The standard InChI is InChI=1S/C35H64N4O/c1-33(2,3)28-18-30-32(19-35(7,8)38-14-10-13-25-11-9-12-26(25)21-38)40-24-31(39(30)22-28)27-17-29-23-37(34(4,5)6)16-15-36(29)20-27/h25-32H,9-24H2,1-8H3. The van der Waals surface area contributed by atoms with E-state index in [1.165, 1.54) is 97.2 Å². The Labute approximate surface area is 247 Å². The maximum absolute atomic E-state index is 7.05. The Morgan fingerprint density at radius 2 is 1.43 bits per heavy atom. The van der Waals surface area contributed by atoms with Gasteiger partial charge >= 0.3 is 0 Å². The predicted octanol–water partition coefficient (Wildman–Crippen LogP) is 5.98. The van der Waals surface area contributed by atoms with Crippen molar-refractivity contribution < 1.29 is 4.74 Å². The van der Waals surface area contributed by atoms with Crippen molar-refractivity contribution in [1.29, 1.82) is 0 Å². The molecular formula is C35H64N4O. The molecule has 1 saturated carbocycles. The molecule has 6 rings (SSSR count). The van der Waals surface area contributed by atoms with E-state index < -0.39 is 0 Å². The average Bonchev–Trinajstić information content (AvgIpc) is 3.58. The highest BCUT2D eigenvalue weighted by Crippen LogP contribution is 2.46. The number of hydrogen-bond acceptors (Lipinski definition) is 5. The van der Waals surface area contributed by atoms with Crippen molar-refractivity contribution in [3.05, 3.63) is 0 Å². The molecule has 0 amide bonds. The number of ether oxygens (including phenoxy) is 1. The fourth-order valence-corrected chi connectivity index (χ4v) is 10.1. The van der Waals surface area contributed by atoms with E-state index in [1.807, 2.05) is 0 Å². The van der Waals surface area contributed by atoms with Gasteiger partial charge < -0.3 is 4.74 Å². The molecule has 5 heteroatoms. The van der Waals surface area contributed by atoms with E-state index in [0.29, 0.717) is 23.6 Å². The lowest BCUT2D eigenvalue weighted by atomic mass is 9.78. The summed E-state index contributed by atoms with van der Waals surface area (Å²) in [6.07, 6.45) is 11.5. The molecule has 0 radical (unpaired) electrons. The van der Waals surface area contributed by atoms with Gasteiger partial charge in [0.1, 0.15) is 0 Å². The summed E-state index contributed by atoms with van der Waals surface area (Å²) in [6, 6.07) is 1.93. The molecular weight excluding hydrogens is 492 g/mol. The van der Waals surface area contributed by atoms with E-state index in [0.717, 1.165) is 36.3 Å². The molecule has 0 N–H and O–H groups in total. The Balaban J connectivity index is 1.15. The number of nitrogens with zero attached hydrogens (tertiary/aromatic N) is 4. The number of rotatable bonds is 4. The number of piperazine rings is 1. The molecule has 0 bridgehead atoms. The first-order chi connectivity index (χ1) is 18.8. The third-order valence-electron chi connectivity index (χ3n) is 12.9. The molecule has 5 nitrogen and oxygen atoms in total. The zero-order chi connectivity index (χ0) is 28.4. The van der Waals surface area contributed by atoms with Crippen LogP contribution >= 0.6 is 0 Å². The monoisotopic (exact) mass is 557 g/mol. The Morgan fingerprint density at radius 3 is 2.17 bits per heavy atom. The third kappa shape index (κ3) is 5.94. The molecule has 5 saturated heterocycles. The van der Waals surface area contributed by atoms with Crippen molar-refractivity contribution in [2.24, 2.45) is 29.1 Å². The molecule has 5 aliphatic heterocycles. The maximum atomic E-state index is 7.05. The number of likely N-dealkylation sites (tertiary alicyclic amines) is 1. The summed E-state index contributed by atoms with van der Waals surface area (Å²) in [5.74, 6) is 3.48. The smallest absolute Gasteiger partial charge is 0.0748 e. The van der Waals surface area contributed by atoms with Crippen LogP contribution in [0.25, 0.3) is 0 Å².